The predicted molar refractivity (Wildman–Crippen MR) is 108 cm³/mol. The number of benzene rings is 1. The van der Waals surface area contributed by atoms with E-state index in [-0.39, 0.29) is 11.9 Å². The van der Waals surface area contributed by atoms with E-state index >= 15 is 0 Å². The highest BCUT2D eigenvalue weighted by molar-refractivity contribution is 5.99. The fourth-order valence-corrected chi connectivity index (χ4v) is 4.89. The van der Waals surface area contributed by atoms with Gasteiger partial charge in [0.2, 0.25) is 0 Å². The average molecular weight is 377 g/mol. The molecule has 1 amide bonds. The van der Waals surface area contributed by atoms with Crippen molar-refractivity contribution in [1.82, 2.24) is 24.6 Å². The van der Waals surface area contributed by atoms with E-state index in [0.29, 0.717) is 5.69 Å². The van der Waals surface area contributed by atoms with Crippen molar-refractivity contribution >= 4 is 16.8 Å². The molecular weight excluding hydrogens is 350 g/mol. The highest BCUT2D eigenvalue weighted by atomic mass is 16.2. The van der Waals surface area contributed by atoms with Gasteiger partial charge in [0.1, 0.15) is 11.5 Å². The minimum Gasteiger partial charge on any atom is -0.351 e. The summed E-state index contributed by atoms with van der Waals surface area (Å²) in [7, 11) is 0. The number of aromatic amines is 1. The molecule has 5 rings (SSSR count). The second-order valence-electron chi connectivity index (χ2n) is 8.32. The van der Waals surface area contributed by atoms with Crippen molar-refractivity contribution in [1.29, 1.82) is 0 Å². The first-order valence-corrected chi connectivity index (χ1v) is 10.4. The number of aromatic nitrogens is 4. The number of aryl methyl sites for hydroxylation is 3. The molecule has 2 aliphatic rings. The largest absolute Gasteiger partial charge is 0.351 e. The number of carbonyl (C=O) groups excluding carboxylic acids is 1. The quantitative estimate of drug-likeness (QED) is 0.732. The monoisotopic (exact) mass is 377 g/mol. The molecule has 146 valence electrons. The average Bonchev–Trinajstić information content (AvgIpc) is 3.32. The van der Waals surface area contributed by atoms with Gasteiger partial charge in [-0.15, -0.1) is 10.2 Å². The van der Waals surface area contributed by atoms with Gasteiger partial charge in [-0.25, -0.2) is 0 Å². The van der Waals surface area contributed by atoms with Crippen LogP contribution in [0.1, 0.15) is 71.4 Å². The molecule has 0 unspecified atom stereocenters. The Bertz CT molecular complexity index is 1050. The van der Waals surface area contributed by atoms with Crippen molar-refractivity contribution in [2.24, 2.45) is 0 Å². The first kappa shape index (κ1) is 17.5. The Balaban J connectivity index is 1.51. The van der Waals surface area contributed by atoms with E-state index in [4.69, 9.17) is 0 Å². The molecule has 1 saturated heterocycles. The summed E-state index contributed by atoms with van der Waals surface area (Å²) in [4.78, 5) is 18.9. The summed E-state index contributed by atoms with van der Waals surface area (Å²) in [6.07, 6.45) is 6.47. The van der Waals surface area contributed by atoms with Crippen LogP contribution in [0.5, 0.6) is 0 Å². The fraction of sp³-hybridized carbons (Fsp3) is 0.500. The zero-order valence-corrected chi connectivity index (χ0v) is 16.7. The number of piperidine rings is 1. The van der Waals surface area contributed by atoms with Crippen molar-refractivity contribution in [3.05, 3.63) is 46.7 Å². The maximum atomic E-state index is 13.5. The number of rotatable bonds is 2. The molecule has 2 aromatic heterocycles. The molecule has 0 aliphatic carbocycles. The van der Waals surface area contributed by atoms with Gasteiger partial charge in [-0.05, 0) is 69.2 Å². The molecule has 0 bridgehead atoms. The number of nitrogens with one attached hydrogen (secondary N) is 1. The van der Waals surface area contributed by atoms with Gasteiger partial charge in [0.15, 0.2) is 5.82 Å². The number of carbonyl (C=O) groups is 1. The molecule has 1 N–H and O–H groups in total. The first-order valence-electron chi connectivity index (χ1n) is 10.4. The van der Waals surface area contributed by atoms with Crippen molar-refractivity contribution in [3.63, 3.8) is 0 Å². The maximum Gasteiger partial charge on any atom is 0.270 e. The lowest BCUT2D eigenvalue weighted by Gasteiger charge is -2.35. The van der Waals surface area contributed by atoms with Crippen LogP contribution in [0.3, 0.4) is 0 Å². The fourth-order valence-electron chi connectivity index (χ4n) is 4.89. The molecule has 6 heteroatoms. The van der Waals surface area contributed by atoms with Gasteiger partial charge in [-0.1, -0.05) is 6.07 Å². The molecule has 0 spiro atoms. The third-order valence-corrected chi connectivity index (χ3v) is 6.27. The van der Waals surface area contributed by atoms with Gasteiger partial charge >= 0.3 is 0 Å². The zero-order chi connectivity index (χ0) is 19.3. The van der Waals surface area contributed by atoms with Crippen LogP contribution < -0.4 is 0 Å². The molecule has 3 aromatic rings. The Hall–Kier alpha value is -2.63. The number of nitrogens with zero attached hydrogens (tertiary/aromatic N) is 4. The van der Waals surface area contributed by atoms with Crippen LogP contribution in [0.4, 0.5) is 0 Å². The Morgan fingerprint density at radius 1 is 1.07 bits per heavy atom. The third kappa shape index (κ3) is 2.82. The molecule has 4 heterocycles. The standard InChI is InChI=1S/C22H27N5O/c1-14-11-15(2)16-13-18(23-17(16)12-14)22(28)26-9-5-3-7-19(26)21-25-24-20-8-4-6-10-27(20)21/h11-13,19,23H,3-10H2,1-2H3/t19-/m0/s1. The van der Waals surface area contributed by atoms with Gasteiger partial charge in [-0.3, -0.25) is 4.79 Å². The Morgan fingerprint density at radius 3 is 2.82 bits per heavy atom. The Morgan fingerprint density at radius 2 is 1.93 bits per heavy atom. The number of hydrogen-bond donors (Lipinski definition) is 1. The number of fused-ring (bicyclic) bond motifs is 2. The normalized spacial score (nSPS) is 19.8. The van der Waals surface area contributed by atoms with E-state index in [0.717, 1.165) is 61.3 Å². The lowest BCUT2D eigenvalue weighted by Crippen LogP contribution is -2.40. The van der Waals surface area contributed by atoms with Crippen LogP contribution in [0.15, 0.2) is 18.2 Å². The maximum absolute atomic E-state index is 13.5. The van der Waals surface area contributed by atoms with Gasteiger partial charge in [0.25, 0.3) is 5.91 Å². The SMILES string of the molecule is Cc1cc(C)c2cc(C(=O)N3CCCC[C@H]3c3nnc4n3CCCC4)[nH]c2c1. The van der Waals surface area contributed by atoms with Gasteiger partial charge in [0.05, 0.1) is 6.04 Å². The molecular formula is C22H27N5O. The van der Waals surface area contributed by atoms with Gasteiger partial charge in [-0.2, -0.15) is 0 Å². The molecule has 2 aliphatic heterocycles. The molecule has 6 nitrogen and oxygen atoms in total. The highest BCUT2D eigenvalue weighted by Gasteiger charge is 2.34. The smallest absolute Gasteiger partial charge is 0.270 e. The van der Waals surface area contributed by atoms with Crippen molar-refractivity contribution in [3.8, 4) is 0 Å². The first-order chi connectivity index (χ1) is 13.6. The summed E-state index contributed by atoms with van der Waals surface area (Å²) in [5.74, 6) is 2.13. The lowest BCUT2D eigenvalue weighted by molar-refractivity contribution is 0.0588. The third-order valence-electron chi connectivity index (χ3n) is 6.27. The van der Waals surface area contributed by atoms with E-state index in [2.05, 4.69) is 45.7 Å². The van der Waals surface area contributed by atoms with Crippen LogP contribution in [-0.2, 0) is 13.0 Å². The van der Waals surface area contributed by atoms with E-state index in [1.165, 1.54) is 24.0 Å². The van der Waals surface area contributed by atoms with E-state index in [1.54, 1.807) is 0 Å². The number of amides is 1. The molecule has 0 radical (unpaired) electrons. The lowest BCUT2D eigenvalue weighted by atomic mass is 10.00. The van der Waals surface area contributed by atoms with Gasteiger partial charge < -0.3 is 14.5 Å². The van der Waals surface area contributed by atoms with Crippen LogP contribution in [0, 0.1) is 13.8 Å². The minimum atomic E-state index is 0.0230. The van der Waals surface area contributed by atoms with Crippen molar-refractivity contribution < 1.29 is 4.79 Å². The summed E-state index contributed by atoms with van der Waals surface area (Å²) in [6, 6.07) is 6.31. The van der Waals surface area contributed by atoms with Gasteiger partial charge in [0, 0.05) is 30.4 Å². The zero-order valence-electron chi connectivity index (χ0n) is 16.7. The molecule has 28 heavy (non-hydrogen) atoms. The van der Waals surface area contributed by atoms with E-state index in [9.17, 15) is 4.79 Å². The summed E-state index contributed by atoms with van der Waals surface area (Å²) in [5, 5.41) is 10.1. The Kier molecular flexibility index (Phi) is 4.22. The highest BCUT2D eigenvalue weighted by Crippen LogP contribution is 2.33. The predicted octanol–water partition coefficient (Wildman–Crippen LogP) is 4.08. The number of likely N-dealkylation sites (tertiary alicyclic amines) is 1. The summed E-state index contributed by atoms with van der Waals surface area (Å²) in [5.41, 5.74) is 4.12. The summed E-state index contributed by atoms with van der Waals surface area (Å²) in [6.45, 7) is 5.94. The van der Waals surface area contributed by atoms with Crippen molar-refractivity contribution in [2.45, 2.75) is 65.0 Å². The number of hydrogen-bond acceptors (Lipinski definition) is 3. The molecule has 1 fully saturated rings. The number of H-pyrrole nitrogens is 1. The van der Waals surface area contributed by atoms with E-state index in [1.807, 2.05) is 11.0 Å². The van der Waals surface area contributed by atoms with Crippen LogP contribution >= 0.6 is 0 Å². The minimum absolute atomic E-state index is 0.0230. The molecule has 1 atom stereocenters. The van der Waals surface area contributed by atoms with E-state index < -0.39 is 0 Å². The van der Waals surface area contributed by atoms with Crippen LogP contribution in [0.25, 0.3) is 10.9 Å². The molecule has 1 aromatic carbocycles. The summed E-state index contributed by atoms with van der Waals surface area (Å²) < 4.78 is 2.26. The topological polar surface area (TPSA) is 66.8 Å². The second kappa shape index (κ2) is 6.76. The van der Waals surface area contributed by atoms with Crippen LogP contribution in [-0.4, -0.2) is 37.1 Å². The summed E-state index contributed by atoms with van der Waals surface area (Å²) >= 11 is 0. The van der Waals surface area contributed by atoms with Crippen molar-refractivity contribution in [2.75, 3.05) is 6.54 Å². The molecule has 0 saturated carbocycles. The Labute approximate surface area is 164 Å². The second-order valence-corrected chi connectivity index (χ2v) is 8.32. The van der Waals surface area contributed by atoms with Crippen LogP contribution in [0.2, 0.25) is 0 Å².